The van der Waals surface area contributed by atoms with Crippen LogP contribution in [0.15, 0.2) is 47.5 Å². The summed E-state index contributed by atoms with van der Waals surface area (Å²) in [5, 5.41) is 23.6. The van der Waals surface area contributed by atoms with Crippen molar-refractivity contribution in [1.29, 1.82) is 0 Å². The largest absolute Gasteiger partial charge is 0.504 e. The Morgan fingerprint density at radius 1 is 1.30 bits per heavy atom. The number of aromatic hydroxyl groups is 1. The van der Waals surface area contributed by atoms with Crippen LogP contribution in [-0.2, 0) is 0 Å². The minimum absolute atomic E-state index is 0.0575. The molecular formula is C16H17N3O4. The zero-order valence-corrected chi connectivity index (χ0v) is 12.6. The van der Waals surface area contributed by atoms with E-state index in [2.05, 4.69) is 10.3 Å². The molecule has 0 aliphatic heterocycles. The average molecular weight is 315 g/mol. The fourth-order valence-electron chi connectivity index (χ4n) is 1.94. The lowest BCUT2D eigenvalue weighted by atomic mass is 10.2. The Hall–Kier alpha value is -3.09. The van der Waals surface area contributed by atoms with Crippen LogP contribution < -0.4 is 10.1 Å². The van der Waals surface area contributed by atoms with Gasteiger partial charge in [0.2, 0.25) is 0 Å². The summed E-state index contributed by atoms with van der Waals surface area (Å²) < 4.78 is 5.03. The van der Waals surface area contributed by atoms with Gasteiger partial charge in [-0.25, -0.2) is 0 Å². The lowest BCUT2D eigenvalue weighted by Gasteiger charge is -2.05. The summed E-state index contributed by atoms with van der Waals surface area (Å²) in [5.74, 6) is 0.458. The zero-order chi connectivity index (χ0) is 16.7. The normalized spacial score (nSPS) is 10.7. The standard InChI is InChI=1S/C16H17N3O4/c1-23-15-4-2-3-12(16(15)20)11-17-9-10-18-13-5-7-14(8-6-13)19(21)22/h2-8,11,18,20H,9-10H2,1H3. The van der Waals surface area contributed by atoms with E-state index in [0.717, 1.165) is 5.69 Å². The van der Waals surface area contributed by atoms with Crippen molar-refractivity contribution < 1.29 is 14.8 Å². The highest BCUT2D eigenvalue weighted by Crippen LogP contribution is 2.27. The molecule has 120 valence electrons. The molecule has 2 aromatic rings. The summed E-state index contributed by atoms with van der Waals surface area (Å²) in [6.45, 7) is 1.06. The number of benzene rings is 2. The lowest BCUT2D eigenvalue weighted by Crippen LogP contribution is -2.05. The Balaban J connectivity index is 1.84. The number of hydrogen-bond acceptors (Lipinski definition) is 6. The molecule has 0 atom stereocenters. The second-order valence-electron chi connectivity index (χ2n) is 4.66. The first-order valence-electron chi connectivity index (χ1n) is 6.96. The highest BCUT2D eigenvalue weighted by atomic mass is 16.6. The average Bonchev–Trinajstić information content (AvgIpc) is 2.56. The molecule has 23 heavy (non-hydrogen) atoms. The highest BCUT2D eigenvalue weighted by Gasteiger charge is 2.05. The van der Waals surface area contributed by atoms with Gasteiger partial charge in [-0.05, 0) is 24.3 Å². The number of phenols is 1. The molecule has 0 radical (unpaired) electrons. The first-order valence-corrected chi connectivity index (χ1v) is 6.96. The van der Waals surface area contributed by atoms with Crippen LogP contribution in [0.5, 0.6) is 11.5 Å². The van der Waals surface area contributed by atoms with Gasteiger partial charge in [-0.1, -0.05) is 6.07 Å². The van der Waals surface area contributed by atoms with E-state index < -0.39 is 4.92 Å². The molecule has 7 heteroatoms. The Labute approximate surface area is 133 Å². The quantitative estimate of drug-likeness (QED) is 0.354. The second kappa shape index (κ2) is 7.79. The number of rotatable bonds is 7. The van der Waals surface area contributed by atoms with Crippen molar-refractivity contribution in [2.45, 2.75) is 0 Å². The molecule has 2 N–H and O–H groups in total. The first-order chi connectivity index (χ1) is 11.1. The number of anilines is 1. The maximum absolute atomic E-state index is 10.6. The molecule has 0 spiro atoms. The summed E-state index contributed by atoms with van der Waals surface area (Å²) in [4.78, 5) is 14.3. The summed E-state index contributed by atoms with van der Waals surface area (Å²) in [7, 11) is 1.49. The summed E-state index contributed by atoms with van der Waals surface area (Å²) in [5.41, 5.74) is 1.43. The molecule has 0 aromatic heterocycles. The number of nitrogens with one attached hydrogen (secondary N) is 1. The van der Waals surface area contributed by atoms with Gasteiger partial charge in [0.15, 0.2) is 11.5 Å². The summed E-state index contributed by atoms with van der Waals surface area (Å²) in [6, 6.07) is 11.4. The van der Waals surface area contributed by atoms with Crippen LogP contribution in [0.4, 0.5) is 11.4 Å². The fraction of sp³-hybridized carbons (Fsp3) is 0.188. The fourth-order valence-corrected chi connectivity index (χ4v) is 1.94. The Kier molecular flexibility index (Phi) is 5.51. The number of para-hydroxylation sites is 1. The second-order valence-corrected chi connectivity index (χ2v) is 4.66. The topological polar surface area (TPSA) is 97.0 Å². The molecule has 0 saturated heterocycles. The number of hydrogen-bond donors (Lipinski definition) is 2. The van der Waals surface area contributed by atoms with E-state index >= 15 is 0 Å². The number of phenolic OH excluding ortho intramolecular Hbond substituents is 1. The van der Waals surface area contributed by atoms with Crippen LogP contribution in [0.1, 0.15) is 5.56 Å². The van der Waals surface area contributed by atoms with E-state index in [-0.39, 0.29) is 11.4 Å². The van der Waals surface area contributed by atoms with Crippen LogP contribution in [0.2, 0.25) is 0 Å². The van der Waals surface area contributed by atoms with Gasteiger partial charge >= 0.3 is 0 Å². The molecule has 0 bridgehead atoms. The molecule has 0 heterocycles. The number of methoxy groups -OCH3 is 1. The number of ether oxygens (including phenoxy) is 1. The van der Waals surface area contributed by atoms with Crippen LogP contribution in [0.3, 0.4) is 0 Å². The van der Waals surface area contributed by atoms with E-state index in [1.807, 2.05) is 0 Å². The molecule has 2 rings (SSSR count). The van der Waals surface area contributed by atoms with Gasteiger partial charge in [0.1, 0.15) is 0 Å². The number of nitrogens with zero attached hydrogens (tertiary/aromatic N) is 2. The smallest absolute Gasteiger partial charge is 0.269 e. The van der Waals surface area contributed by atoms with E-state index in [1.54, 1.807) is 36.5 Å². The van der Waals surface area contributed by atoms with Gasteiger partial charge in [-0.2, -0.15) is 0 Å². The van der Waals surface area contributed by atoms with E-state index in [0.29, 0.717) is 24.4 Å². The molecule has 0 aliphatic carbocycles. The molecule has 0 amide bonds. The lowest BCUT2D eigenvalue weighted by molar-refractivity contribution is -0.384. The van der Waals surface area contributed by atoms with Crippen molar-refractivity contribution in [2.75, 3.05) is 25.5 Å². The third kappa shape index (κ3) is 4.44. The number of non-ortho nitro benzene ring substituents is 1. The van der Waals surface area contributed by atoms with Gasteiger partial charge in [0, 0.05) is 36.1 Å². The molecule has 7 nitrogen and oxygen atoms in total. The van der Waals surface area contributed by atoms with Crippen LogP contribution >= 0.6 is 0 Å². The number of nitro benzene ring substituents is 1. The van der Waals surface area contributed by atoms with Gasteiger partial charge in [-0.15, -0.1) is 0 Å². The predicted molar refractivity (Wildman–Crippen MR) is 88.7 cm³/mol. The van der Waals surface area contributed by atoms with Crippen LogP contribution in [0, 0.1) is 10.1 Å². The third-order valence-corrected chi connectivity index (χ3v) is 3.13. The SMILES string of the molecule is COc1cccc(C=NCCNc2ccc([N+](=O)[O-])cc2)c1O. The van der Waals surface area contributed by atoms with Gasteiger partial charge in [0.05, 0.1) is 18.6 Å². The predicted octanol–water partition coefficient (Wildman–Crippen LogP) is 2.84. The molecule has 0 fully saturated rings. The van der Waals surface area contributed by atoms with E-state index in [9.17, 15) is 15.2 Å². The molecular weight excluding hydrogens is 298 g/mol. The van der Waals surface area contributed by atoms with Crippen molar-refractivity contribution >= 4 is 17.6 Å². The minimum atomic E-state index is -0.436. The maximum Gasteiger partial charge on any atom is 0.269 e. The minimum Gasteiger partial charge on any atom is -0.504 e. The van der Waals surface area contributed by atoms with E-state index in [4.69, 9.17) is 4.74 Å². The van der Waals surface area contributed by atoms with Crippen molar-refractivity contribution in [3.63, 3.8) is 0 Å². The Morgan fingerprint density at radius 2 is 2.04 bits per heavy atom. The van der Waals surface area contributed by atoms with Gasteiger partial charge in [0.25, 0.3) is 5.69 Å². The van der Waals surface area contributed by atoms with E-state index in [1.165, 1.54) is 19.2 Å². The molecule has 2 aromatic carbocycles. The van der Waals surface area contributed by atoms with Crippen molar-refractivity contribution in [1.82, 2.24) is 0 Å². The van der Waals surface area contributed by atoms with Crippen LogP contribution in [0.25, 0.3) is 0 Å². The molecule has 0 unspecified atom stereocenters. The number of nitro groups is 1. The third-order valence-electron chi connectivity index (χ3n) is 3.13. The summed E-state index contributed by atoms with van der Waals surface area (Å²) in [6.07, 6.45) is 1.58. The number of aliphatic imine (C=N–C) groups is 1. The highest BCUT2D eigenvalue weighted by molar-refractivity contribution is 5.84. The molecule has 0 aliphatic rings. The van der Waals surface area contributed by atoms with Crippen LogP contribution in [-0.4, -0.2) is 36.4 Å². The van der Waals surface area contributed by atoms with Crippen molar-refractivity contribution in [3.05, 3.63) is 58.1 Å². The first kappa shape index (κ1) is 16.3. The zero-order valence-electron chi connectivity index (χ0n) is 12.6. The van der Waals surface area contributed by atoms with Gasteiger partial charge < -0.3 is 15.2 Å². The maximum atomic E-state index is 10.6. The van der Waals surface area contributed by atoms with Crippen molar-refractivity contribution in [3.8, 4) is 11.5 Å². The Morgan fingerprint density at radius 3 is 2.70 bits per heavy atom. The molecule has 0 saturated carbocycles. The monoisotopic (exact) mass is 315 g/mol. The summed E-state index contributed by atoms with van der Waals surface area (Å²) >= 11 is 0. The van der Waals surface area contributed by atoms with Crippen molar-refractivity contribution in [2.24, 2.45) is 4.99 Å². The Bertz CT molecular complexity index is 699. The van der Waals surface area contributed by atoms with Gasteiger partial charge in [-0.3, -0.25) is 15.1 Å².